The molecule has 3 aromatic carbocycles. The van der Waals surface area contributed by atoms with E-state index in [2.05, 4.69) is 10.1 Å². The van der Waals surface area contributed by atoms with Crippen molar-refractivity contribution < 1.29 is 14.3 Å². The minimum atomic E-state index is -0.403. The molecule has 0 aliphatic rings. The normalized spacial score (nSPS) is 11.3. The van der Waals surface area contributed by atoms with Crippen molar-refractivity contribution in [1.82, 2.24) is 9.78 Å². The highest BCUT2D eigenvalue weighted by molar-refractivity contribution is 7.11. The Morgan fingerprint density at radius 3 is 2.07 bits per heavy atom. The van der Waals surface area contributed by atoms with Gasteiger partial charge in [0.05, 0.1) is 12.8 Å². The number of ketones is 1. The molecule has 7 heteroatoms. The third-order valence-corrected chi connectivity index (χ3v) is 5.23. The molecule has 0 aliphatic carbocycles. The highest BCUT2D eigenvalue weighted by Crippen LogP contribution is 2.16. The van der Waals surface area contributed by atoms with Crippen LogP contribution in [0, 0.1) is 0 Å². The monoisotopic (exact) mass is 415 g/mol. The predicted molar refractivity (Wildman–Crippen MR) is 114 cm³/mol. The van der Waals surface area contributed by atoms with Gasteiger partial charge in [-0.15, -0.1) is 0 Å². The first-order chi connectivity index (χ1) is 14.7. The number of methoxy groups -OCH3 is 1. The summed E-state index contributed by atoms with van der Waals surface area (Å²) in [6.45, 7) is 0. The Labute approximate surface area is 176 Å². The second-order valence-corrected chi connectivity index (χ2v) is 7.23. The molecule has 148 valence electrons. The number of aromatic nitrogens is 2. The maximum Gasteiger partial charge on any atom is 0.279 e. The van der Waals surface area contributed by atoms with E-state index in [9.17, 15) is 9.59 Å². The van der Waals surface area contributed by atoms with Crippen molar-refractivity contribution in [3.8, 4) is 11.4 Å². The van der Waals surface area contributed by atoms with Gasteiger partial charge in [0.1, 0.15) is 5.75 Å². The third kappa shape index (κ3) is 4.11. The van der Waals surface area contributed by atoms with Gasteiger partial charge in [-0.05, 0) is 36.4 Å². The molecule has 1 amide bonds. The molecule has 0 radical (unpaired) electrons. The second kappa shape index (κ2) is 8.67. The van der Waals surface area contributed by atoms with Crippen molar-refractivity contribution in [3.05, 3.63) is 106 Å². The lowest BCUT2D eigenvalue weighted by atomic mass is 10.1. The zero-order valence-electron chi connectivity index (χ0n) is 16.1. The van der Waals surface area contributed by atoms with Gasteiger partial charge < -0.3 is 4.74 Å². The molecule has 0 atom stereocenters. The number of carbonyl (C=O) groups excluding carboxylic acids is 2. The van der Waals surface area contributed by atoms with E-state index in [0.29, 0.717) is 27.4 Å². The molecule has 0 saturated heterocycles. The van der Waals surface area contributed by atoms with Gasteiger partial charge >= 0.3 is 0 Å². The van der Waals surface area contributed by atoms with Crippen LogP contribution in [-0.4, -0.2) is 28.6 Å². The third-order valence-electron chi connectivity index (χ3n) is 4.33. The van der Waals surface area contributed by atoms with Crippen molar-refractivity contribution >= 4 is 23.0 Å². The first kappa shape index (κ1) is 19.5. The SMILES string of the molecule is COc1ccc(-n2nc(C(=O)c3ccccc3)sc2=NC(=O)c2ccccc2)cc1. The Bertz CT molecular complexity index is 1240. The summed E-state index contributed by atoms with van der Waals surface area (Å²) >= 11 is 1.07. The number of benzene rings is 3. The molecule has 6 nitrogen and oxygen atoms in total. The van der Waals surface area contributed by atoms with Crippen molar-refractivity contribution in [2.45, 2.75) is 0 Å². The fraction of sp³-hybridized carbons (Fsp3) is 0.0435. The molecule has 4 rings (SSSR count). The molecule has 0 unspecified atom stereocenters. The second-order valence-electron chi connectivity index (χ2n) is 6.28. The summed E-state index contributed by atoms with van der Waals surface area (Å²) in [5.74, 6) is 0.0608. The lowest BCUT2D eigenvalue weighted by Gasteiger charge is -2.03. The summed E-state index contributed by atoms with van der Waals surface area (Å²) < 4.78 is 6.70. The lowest BCUT2D eigenvalue weighted by molar-refractivity contribution is 0.0996. The summed E-state index contributed by atoms with van der Waals surface area (Å²) in [6.07, 6.45) is 0. The van der Waals surface area contributed by atoms with Gasteiger partial charge in [0, 0.05) is 11.1 Å². The fourth-order valence-corrected chi connectivity index (χ4v) is 3.65. The number of hydrogen-bond acceptors (Lipinski definition) is 5. The number of ether oxygens (including phenoxy) is 1. The van der Waals surface area contributed by atoms with Gasteiger partial charge in [0.2, 0.25) is 10.6 Å². The number of rotatable bonds is 5. The van der Waals surface area contributed by atoms with Gasteiger partial charge in [-0.1, -0.05) is 59.9 Å². The van der Waals surface area contributed by atoms with Gasteiger partial charge in [-0.2, -0.15) is 10.1 Å². The topological polar surface area (TPSA) is 73.6 Å². The van der Waals surface area contributed by atoms with E-state index in [1.807, 2.05) is 12.1 Å². The first-order valence-corrected chi connectivity index (χ1v) is 9.96. The van der Waals surface area contributed by atoms with E-state index in [4.69, 9.17) is 4.74 Å². The first-order valence-electron chi connectivity index (χ1n) is 9.14. The molecule has 0 bridgehead atoms. The molecule has 4 aromatic rings. The minimum absolute atomic E-state index is 0.225. The van der Waals surface area contributed by atoms with E-state index in [1.54, 1.807) is 79.9 Å². The molecular formula is C23H17N3O3S. The van der Waals surface area contributed by atoms with Crippen LogP contribution in [0.2, 0.25) is 0 Å². The number of carbonyl (C=O) groups is 2. The van der Waals surface area contributed by atoms with Crippen LogP contribution in [0.4, 0.5) is 0 Å². The molecule has 30 heavy (non-hydrogen) atoms. The van der Waals surface area contributed by atoms with Crippen LogP contribution in [-0.2, 0) is 0 Å². The summed E-state index contributed by atoms with van der Waals surface area (Å²) in [6, 6.07) is 24.8. The Hall–Kier alpha value is -3.84. The average molecular weight is 415 g/mol. The zero-order chi connectivity index (χ0) is 20.9. The van der Waals surface area contributed by atoms with Crippen LogP contribution in [0.15, 0.2) is 89.9 Å². The molecule has 0 fully saturated rings. The number of nitrogens with zero attached hydrogens (tertiary/aromatic N) is 3. The zero-order valence-corrected chi connectivity index (χ0v) is 16.9. The summed E-state index contributed by atoms with van der Waals surface area (Å²) in [7, 11) is 1.58. The highest BCUT2D eigenvalue weighted by Gasteiger charge is 2.17. The molecule has 0 saturated carbocycles. The van der Waals surface area contributed by atoms with Crippen LogP contribution < -0.4 is 9.54 Å². The predicted octanol–water partition coefficient (Wildman–Crippen LogP) is 3.91. The molecule has 1 heterocycles. The Morgan fingerprint density at radius 1 is 0.867 bits per heavy atom. The van der Waals surface area contributed by atoms with Gasteiger partial charge in [-0.25, -0.2) is 4.68 Å². The van der Waals surface area contributed by atoms with Crippen LogP contribution >= 0.6 is 11.3 Å². The summed E-state index contributed by atoms with van der Waals surface area (Å²) in [5.41, 5.74) is 1.65. The van der Waals surface area contributed by atoms with Crippen LogP contribution in [0.3, 0.4) is 0 Å². The van der Waals surface area contributed by atoms with Gasteiger partial charge in [0.25, 0.3) is 5.91 Å². The largest absolute Gasteiger partial charge is 0.497 e. The van der Waals surface area contributed by atoms with Gasteiger partial charge in [-0.3, -0.25) is 9.59 Å². The lowest BCUT2D eigenvalue weighted by Crippen LogP contribution is -2.16. The van der Waals surface area contributed by atoms with E-state index in [-0.39, 0.29) is 10.8 Å². The Kier molecular flexibility index (Phi) is 5.63. The number of hydrogen-bond donors (Lipinski definition) is 0. The molecule has 1 aromatic heterocycles. The van der Waals surface area contributed by atoms with Crippen molar-refractivity contribution in [3.63, 3.8) is 0 Å². The van der Waals surface area contributed by atoms with Crippen molar-refractivity contribution in [2.75, 3.05) is 7.11 Å². The van der Waals surface area contributed by atoms with Crippen LogP contribution in [0.1, 0.15) is 25.7 Å². The molecule has 0 spiro atoms. The van der Waals surface area contributed by atoms with E-state index >= 15 is 0 Å². The average Bonchev–Trinajstić information content (AvgIpc) is 3.23. The summed E-state index contributed by atoms with van der Waals surface area (Å²) in [4.78, 5) is 30.1. The van der Waals surface area contributed by atoms with Crippen LogP contribution in [0.25, 0.3) is 5.69 Å². The Balaban J connectivity index is 1.82. The quantitative estimate of drug-likeness (QED) is 0.463. The van der Waals surface area contributed by atoms with Crippen LogP contribution in [0.5, 0.6) is 5.75 Å². The summed E-state index contributed by atoms with van der Waals surface area (Å²) in [5, 5.41) is 4.70. The smallest absolute Gasteiger partial charge is 0.279 e. The molecule has 0 N–H and O–H groups in total. The van der Waals surface area contributed by atoms with Gasteiger partial charge in [0.15, 0.2) is 5.01 Å². The standard InChI is InChI=1S/C23H17N3O3S/c1-29-19-14-12-18(13-15-19)26-23(24-21(28)17-10-6-3-7-11-17)30-22(25-26)20(27)16-8-4-2-5-9-16/h2-15H,1H3. The minimum Gasteiger partial charge on any atom is -0.497 e. The van der Waals surface area contributed by atoms with Crippen molar-refractivity contribution in [2.24, 2.45) is 4.99 Å². The maximum absolute atomic E-state index is 12.9. The highest BCUT2D eigenvalue weighted by atomic mass is 32.1. The van der Waals surface area contributed by atoms with E-state index in [0.717, 1.165) is 11.3 Å². The maximum atomic E-state index is 12.9. The van der Waals surface area contributed by atoms with Crippen molar-refractivity contribution in [1.29, 1.82) is 0 Å². The number of amides is 1. The molecular weight excluding hydrogens is 398 g/mol. The Morgan fingerprint density at radius 2 is 1.47 bits per heavy atom. The fourth-order valence-electron chi connectivity index (χ4n) is 2.78. The molecule has 0 aliphatic heterocycles. The van der Waals surface area contributed by atoms with E-state index < -0.39 is 5.91 Å². The van der Waals surface area contributed by atoms with E-state index in [1.165, 1.54) is 4.68 Å².